The normalized spacial score (nSPS) is 15.9. The van der Waals surface area contributed by atoms with Gasteiger partial charge in [-0.2, -0.15) is 0 Å². The van der Waals surface area contributed by atoms with Crippen LogP contribution in [0.1, 0.15) is 23.3 Å². The number of hydrogen-bond donors (Lipinski definition) is 3. The monoisotopic (exact) mass is 309 g/mol. The first-order valence-electron chi connectivity index (χ1n) is 6.75. The van der Waals surface area contributed by atoms with Crippen LogP contribution < -0.4 is 17.0 Å². The molecule has 0 saturated carbocycles. The minimum absolute atomic E-state index is 0.148. The quantitative estimate of drug-likeness (QED) is 0.740. The van der Waals surface area contributed by atoms with Gasteiger partial charge in [0.25, 0.3) is 5.56 Å². The number of rotatable bonds is 3. The second kappa shape index (κ2) is 5.12. The van der Waals surface area contributed by atoms with Gasteiger partial charge in [-0.05, 0) is 31.2 Å². The lowest BCUT2D eigenvalue weighted by molar-refractivity contribution is -0.138. The molecule has 4 N–H and O–H groups in total. The molecule has 21 heavy (non-hydrogen) atoms. The van der Waals surface area contributed by atoms with Crippen molar-refractivity contribution in [1.29, 1.82) is 0 Å². The maximum atomic E-state index is 12.1. The van der Waals surface area contributed by atoms with Crippen LogP contribution in [0.4, 0.5) is 0 Å². The van der Waals surface area contributed by atoms with Crippen LogP contribution >= 0.6 is 11.3 Å². The second-order valence-corrected chi connectivity index (χ2v) is 6.31. The maximum absolute atomic E-state index is 12.1. The molecule has 0 unspecified atom stereocenters. The Balaban J connectivity index is 2.27. The van der Waals surface area contributed by atoms with Crippen LogP contribution in [0.25, 0.3) is 10.2 Å². The van der Waals surface area contributed by atoms with Crippen LogP contribution in [0.15, 0.2) is 9.59 Å². The van der Waals surface area contributed by atoms with Crippen molar-refractivity contribution in [2.24, 2.45) is 5.73 Å². The summed E-state index contributed by atoms with van der Waals surface area (Å²) in [7, 11) is 0. The van der Waals surface area contributed by atoms with Gasteiger partial charge in [-0.15, -0.1) is 11.3 Å². The van der Waals surface area contributed by atoms with Crippen molar-refractivity contribution in [2.75, 3.05) is 0 Å². The fraction of sp³-hybridized carbons (Fsp3) is 0.462. The van der Waals surface area contributed by atoms with Crippen molar-refractivity contribution in [3.8, 4) is 0 Å². The fourth-order valence-corrected chi connectivity index (χ4v) is 4.05. The molecule has 3 rings (SSSR count). The first-order chi connectivity index (χ1) is 9.99. The molecule has 7 nitrogen and oxygen atoms in total. The number of carbonyl (C=O) groups is 1. The topological polar surface area (TPSA) is 118 Å². The van der Waals surface area contributed by atoms with Crippen LogP contribution in [0.5, 0.6) is 0 Å². The predicted molar refractivity (Wildman–Crippen MR) is 79.0 cm³/mol. The molecule has 0 fully saturated rings. The standard InChI is InChI=1S/C13H15N3O4S/c14-7(12(18)19)5-16-9-6-3-1-2-4-8(6)21-10(9)11(17)15-13(16)20/h7H,1-5,14H2,(H,18,19)(H,15,17,20)/t7-/m0/s1. The summed E-state index contributed by atoms with van der Waals surface area (Å²) in [5.41, 5.74) is 6.11. The highest BCUT2D eigenvalue weighted by molar-refractivity contribution is 7.19. The summed E-state index contributed by atoms with van der Waals surface area (Å²) in [5, 5.41) is 8.94. The van der Waals surface area contributed by atoms with E-state index in [2.05, 4.69) is 4.98 Å². The molecule has 1 aliphatic rings. The third-order valence-electron chi connectivity index (χ3n) is 3.78. The van der Waals surface area contributed by atoms with Crippen LogP contribution in [-0.2, 0) is 24.2 Å². The first-order valence-corrected chi connectivity index (χ1v) is 7.56. The van der Waals surface area contributed by atoms with Crippen molar-refractivity contribution in [1.82, 2.24) is 9.55 Å². The highest BCUT2D eigenvalue weighted by atomic mass is 32.1. The van der Waals surface area contributed by atoms with Gasteiger partial charge in [-0.1, -0.05) is 0 Å². The van der Waals surface area contributed by atoms with E-state index in [-0.39, 0.29) is 6.54 Å². The maximum Gasteiger partial charge on any atom is 0.328 e. The van der Waals surface area contributed by atoms with Gasteiger partial charge in [-0.25, -0.2) is 4.79 Å². The molecule has 0 spiro atoms. The summed E-state index contributed by atoms with van der Waals surface area (Å²) in [5.74, 6) is -1.18. The minimum atomic E-state index is -1.18. The molecular weight excluding hydrogens is 294 g/mol. The Morgan fingerprint density at radius 3 is 2.81 bits per heavy atom. The second-order valence-electron chi connectivity index (χ2n) is 5.20. The molecule has 2 aromatic rings. The van der Waals surface area contributed by atoms with Gasteiger partial charge >= 0.3 is 11.7 Å². The van der Waals surface area contributed by atoms with E-state index >= 15 is 0 Å². The lowest BCUT2D eigenvalue weighted by Gasteiger charge is -2.14. The Bertz CT molecular complexity index is 832. The smallest absolute Gasteiger partial charge is 0.328 e. The Kier molecular flexibility index (Phi) is 3.42. The molecule has 1 aliphatic carbocycles. The van der Waals surface area contributed by atoms with Crippen LogP contribution in [-0.4, -0.2) is 26.7 Å². The molecule has 2 heterocycles. The van der Waals surface area contributed by atoms with Crippen LogP contribution in [0.2, 0.25) is 0 Å². The SMILES string of the molecule is N[C@@H](Cn1c(=O)[nH]c(=O)c2sc3c(c21)CCCC3)C(=O)O. The third-order valence-corrected chi connectivity index (χ3v) is 5.06. The number of fused-ring (bicyclic) bond motifs is 3. The van der Waals surface area contributed by atoms with Crippen molar-refractivity contribution in [3.05, 3.63) is 31.3 Å². The average Bonchev–Trinajstić information content (AvgIpc) is 2.83. The number of thiophene rings is 1. The highest BCUT2D eigenvalue weighted by Crippen LogP contribution is 2.33. The number of nitrogens with one attached hydrogen (secondary N) is 1. The predicted octanol–water partition coefficient (Wildman–Crippen LogP) is 0.0420. The first kappa shape index (κ1) is 14.0. The summed E-state index contributed by atoms with van der Waals surface area (Å²) in [6.07, 6.45) is 3.77. The number of nitrogens with zero attached hydrogens (tertiary/aromatic N) is 1. The van der Waals surface area contributed by atoms with Gasteiger partial charge in [0.05, 0.1) is 12.1 Å². The zero-order valence-electron chi connectivity index (χ0n) is 11.2. The number of aromatic amines is 1. The van der Waals surface area contributed by atoms with Crippen molar-refractivity contribution >= 4 is 27.5 Å². The molecule has 0 aliphatic heterocycles. The molecule has 0 bridgehead atoms. The molecule has 8 heteroatoms. The summed E-state index contributed by atoms with van der Waals surface area (Å²) >= 11 is 1.39. The van der Waals surface area contributed by atoms with E-state index in [0.717, 1.165) is 36.1 Å². The summed E-state index contributed by atoms with van der Waals surface area (Å²) < 4.78 is 1.79. The zero-order valence-corrected chi connectivity index (χ0v) is 12.0. The summed E-state index contributed by atoms with van der Waals surface area (Å²) in [4.78, 5) is 38.3. The summed E-state index contributed by atoms with van der Waals surface area (Å²) in [6.45, 7) is -0.148. The average molecular weight is 309 g/mol. The molecule has 0 radical (unpaired) electrons. The number of hydrogen-bond acceptors (Lipinski definition) is 5. The molecule has 0 amide bonds. The van der Waals surface area contributed by atoms with Gasteiger partial charge in [0.2, 0.25) is 0 Å². The van der Waals surface area contributed by atoms with Gasteiger partial charge < -0.3 is 10.8 Å². The molecule has 0 saturated heterocycles. The molecule has 2 aromatic heterocycles. The number of aliphatic carboxylic acids is 1. The van der Waals surface area contributed by atoms with E-state index in [1.807, 2.05) is 0 Å². The summed E-state index contributed by atoms with van der Waals surface area (Å²) in [6, 6.07) is -1.18. The highest BCUT2D eigenvalue weighted by Gasteiger charge is 2.23. The minimum Gasteiger partial charge on any atom is -0.480 e. The van der Waals surface area contributed by atoms with Crippen LogP contribution in [0, 0.1) is 0 Å². The Morgan fingerprint density at radius 1 is 1.38 bits per heavy atom. The Labute approximate surface area is 123 Å². The van der Waals surface area contributed by atoms with E-state index in [4.69, 9.17) is 10.8 Å². The molecular formula is C13H15N3O4S. The number of H-pyrrole nitrogens is 1. The number of aryl methyl sites for hydroxylation is 2. The van der Waals surface area contributed by atoms with E-state index in [1.54, 1.807) is 0 Å². The molecule has 112 valence electrons. The van der Waals surface area contributed by atoms with Gasteiger partial charge in [-0.3, -0.25) is 19.1 Å². The number of carboxylic acids is 1. The lowest BCUT2D eigenvalue weighted by atomic mass is 9.98. The largest absolute Gasteiger partial charge is 0.480 e. The van der Waals surface area contributed by atoms with Crippen molar-refractivity contribution in [3.63, 3.8) is 0 Å². The number of nitrogens with two attached hydrogens (primary N) is 1. The zero-order chi connectivity index (χ0) is 15.1. The van der Waals surface area contributed by atoms with E-state index in [9.17, 15) is 14.4 Å². The van der Waals surface area contributed by atoms with Crippen molar-refractivity contribution < 1.29 is 9.90 Å². The van der Waals surface area contributed by atoms with E-state index in [1.165, 1.54) is 15.9 Å². The van der Waals surface area contributed by atoms with Crippen LogP contribution in [0.3, 0.4) is 0 Å². The van der Waals surface area contributed by atoms with Gasteiger partial charge in [0.15, 0.2) is 0 Å². The van der Waals surface area contributed by atoms with Gasteiger partial charge in [0, 0.05) is 4.88 Å². The lowest BCUT2D eigenvalue weighted by Crippen LogP contribution is -2.40. The van der Waals surface area contributed by atoms with E-state index < -0.39 is 23.3 Å². The Morgan fingerprint density at radius 2 is 2.10 bits per heavy atom. The number of carboxylic acid groups (broad SMARTS) is 1. The molecule has 0 aromatic carbocycles. The Hall–Kier alpha value is -1.93. The third kappa shape index (κ3) is 2.30. The van der Waals surface area contributed by atoms with Crippen molar-refractivity contribution in [2.45, 2.75) is 38.3 Å². The van der Waals surface area contributed by atoms with E-state index in [0.29, 0.717) is 10.2 Å². The fourth-order valence-electron chi connectivity index (χ4n) is 2.76. The van der Waals surface area contributed by atoms with Gasteiger partial charge in [0.1, 0.15) is 10.7 Å². The molecule has 1 atom stereocenters. The number of aromatic nitrogens is 2.